The molecule has 0 bridgehead atoms. The third-order valence-electron chi connectivity index (χ3n) is 5.56. The number of carbonyl (C=O) groups is 2. The van der Waals surface area contributed by atoms with Crippen molar-refractivity contribution < 1.29 is 9.59 Å². The molecule has 0 unspecified atom stereocenters. The molecule has 2 amide bonds. The van der Waals surface area contributed by atoms with Crippen molar-refractivity contribution >= 4 is 29.9 Å². The van der Waals surface area contributed by atoms with E-state index < -0.39 is 6.04 Å². The Kier molecular flexibility index (Phi) is 8.68. The van der Waals surface area contributed by atoms with Crippen molar-refractivity contribution in [3.05, 3.63) is 66.2 Å². The molecule has 0 aliphatic heterocycles. The third kappa shape index (κ3) is 6.31. The van der Waals surface area contributed by atoms with Gasteiger partial charge in [-0.15, -0.1) is 12.4 Å². The molecule has 1 fully saturated rings. The van der Waals surface area contributed by atoms with Crippen LogP contribution in [0.5, 0.6) is 0 Å². The summed E-state index contributed by atoms with van der Waals surface area (Å²) in [6, 6.07) is 18.7. The number of nitrogens with zero attached hydrogens (tertiary/aromatic N) is 1. The van der Waals surface area contributed by atoms with Crippen LogP contribution in [0.15, 0.2) is 60.7 Å². The van der Waals surface area contributed by atoms with Gasteiger partial charge in [0.1, 0.15) is 6.04 Å². The zero-order valence-electron chi connectivity index (χ0n) is 16.8. The second kappa shape index (κ2) is 11.0. The molecular formula is C23H30ClN3O2. The Morgan fingerprint density at radius 2 is 1.69 bits per heavy atom. The van der Waals surface area contributed by atoms with Gasteiger partial charge in [-0.05, 0) is 36.5 Å². The summed E-state index contributed by atoms with van der Waals surface area (Å²) in [5.41, 5.74) is 7.93. The lowest BCUT2D eigenvalue weighted by Crippen LogP contribution is -2.49. The van der Waals surface area contributed by atoms with E-state index in [0.29, 0.717) is 12.8 Å². The molecule has 0 spiro atoms. The van der Waals surface area contributed by atoms with E-state index in [-0.39, 0.29) is 36.2 Å². The number of hydrogen-bond donors (Lipinski definition) is 2. The van der Waals surface area contributed by atoms with Crippen molar-refractivity contribution in [2.75, 3.05) is 11.9 Å². The van der Waals surface area contributed by atoms with Crippen molar-refractivity contribution in [1.29, 1.82) is 0 Å². The number of anilines is 1. The normalized spacial score (nSPS) is 19.1. The van der Waals surface area contributed by atoms with Crippen LogP contribution >= 0.6 is 12.4 Å². The molecule has 2 aromatic rings. The quantitative estimate of drug-likeness (QED) is 0.728. The summed E-state index contributed by atoms with van der Waals surface area (Å²) >= 11 is 0. The fraction of sp³-hybridized carbons (Fsp3) is 0.391. The van der Waals surface area contributed by atoms with Crippen LogP contribution in [0, 0.1) is 5.92 Å². The standard InChI is InChI=1S/C23H29N3O2.ClH/c1-26(19-12-6-3-7-13-19)23(28)21(15-17-9-4-2-5-10-17)25-22(27)16-18-11-8-14-20(18)24;/h2-7,9-10,12-13,18,20-21H,8,11,14-16,24H2,1H3,(H,25,27);1H/t18-,20+,21-;/m0./s1. The van der Waals surface area contributed by atoms with E-state index in [2.05, 4.69) is 5.32 Å². The number of halogens is 1. The van der Waals surface area contributed by atoms with Crippen molar-refractivity contribution in [3.63, 3.8) is 0 Å². The number of nitrogens with two attached hydrogens (primary N) is 1. The van der Waals surface area contributed by atoms with Gasteiger partial charge in [-0.3, -0.25) is 9.59 Å². The number of hydrogen-bond acceptors (Lipinski definition) is 3. The van der Waals surface area contributed by atoms with Gasteiger partial charge in [0.05, 0.1) is 0 Å². The molecule has 6 heteroatoms. The summed E-state index contributed by atoms with van der Waals surface area (Å²) in [6.45, 7) is 0. The van der Waals surface area contributed by atoms with E-state index in [4.69, 9.17) is 5.73 Å². The summed E-state index contributed by atoms with van der Waals surface area (Å²) in [5.74, 6) is -0.0171. The third-order valence-corrected chi connectivity index (χ3v) is 5.56. The van der Waals surface area contributed by atoms with E-state index in [1.807, 2.05) is 60.7 Å². The zero-order valence-corrected chi connectivity index (χ0v) is 17.6. The predicted octanol–water partition coefficient (Wildman–Crippen LogP) is 3.32. The van der Waals surface area contributed by atoms with Gasteiger partial charge in [0.2, 0.25) is 11.8 Å². The fourth-order valence-corrected chi connectivity index (χ4v) is 3.87. The van der Waals surface area contributed by atoms with Crippen LogP contribution in [0.1, 0.15) is 31.2 Å². The summed E-state index contributed by atoms with van der Waals surface area (Å²) in [7, 11) is 1.74. The van der Waals surface area contributed by atoms with E-state index >= 15 is 0 Å². The Balaban J connectivity index is 0.00000300. The molecule has 0 heterocycles. The van der Waals surface area contributed by atoms with Crippen LogP contribution in [-0.2, 0) is 16.0 Å². The molecule has 0 aromatic heterocycles. The SMILES string of the molecule is CN(C(=O)[C@H](Cc1ccccc1)NC(=O)C[C@@H]1CCC[C@H]1N)c1ccccc1.Cl. The Bertz CT molecular complexity index is 785. The van der Waals surface area contributed by atoms with Gasteiger partial charge in [-0.2, -0.15) is 0 Å². The van der Waals surface area contributed by atoms with Crippen LogP contribution in [0.25, 0.3) is 0 Å². The second-order valence-electron chi connectivity index (χ2n) is 7.60. The van der Waals surface area contributed by atoms with Crippen LogP contribution in [0.2, 0.25) is 0 Å². The maximum atomic E-state index is 13.2. The highest BCUT2D eigenvalue weighted by atomic mass is 35.5. The molecule has 1 saturated carbocycles. The first-order valence-corrected chi connectivity index (χ1v) is 9.96. The Morgan fingerprint density at radius 1 is 1.07 bits per heavy atom. The first kappa shape index (κ1) is 22.9. The minimum absolute atomic E-state index is 0. The van der Waals surface area contributed by atoms with E-state index in [1.165, 1.54) is 0 Å². The number of carbonyl (C=O) groups excluding carboxylic acids is 2. The van der Waals surface area contributed by atoms with E-state index in [1.54, 1.807) is 11.9 Å². The molecule has 0 saturated heterocycles. The van der Waals surface area contributed by atoms with Gasteiger partial charge in [0.25, 0.3) is 0 Å². The van der Waals surface area contributed by atoms with E-state index in [0.717, 1.165) is 30.5 Å². The minimum atomic E-state index is -0.613. The van der Waals surface area contributed by atoms with Gasteiger partial charge < -0.3 is 16.0 Å². The zero-order chi connectivity index (χ0) is 19.9. The summed E-state index contributed by atoms with van der Waals surface area (Å²) in [4.78, 5) is 27.4. The molecule has 29 heavy (non-hydrogen) atoms. The molecule has 1 aliphatic rings. The van der Waals surface area contributed by atoms with Crippen molar-refractivity contribution in [2.45, 2.75) is 44.2 Å². The first-order valence-electron chi connectivity index (χ1n) is 9.96. The number of rotatable bonds is 7. The number of amides is 2. The van der Waals surface area contributed by atoms with Gasteiger partial charge in [0, 0.05) is 31.6 Å². The maximum Gasteiger partial charge on any atom is 0.249 e. The molecular weight excluding hydrogens is 386 g/mol. The van der Waals surface area contributed by atoms with Crippen molar-refractivity contribution in [1.82, 2.24) is 5.32 Å². The number of para-hydroxylation sites is 1. The summed E-state index contributed by atoms with van der Waals surface area (Å²) in [5, 5.41) is 2.98. The largest absolute Gasteiger partial charge is 0.344 e. The van der Waals surface area contributed by atoms with Crippen LogP contribution in [0.4, 0.5) is 5.69 Å². The van der Waals surface area contributed by atoms with Gasteiger partial charge >= 0.3 is 0 Å². The van der Waals surface area contributed by atoms with Gasteiger partial charge in [0.15, 0.2) is 0 Å². The average molecular weight is 416 g/mol. The smallest absolute Gasteiger partial charge is 0.249 e. The average Bonchev–Trinajstić information content (AvgIpc) is 3.12. The predicted molar refractivity (Wildman–Crippen MR) is 119 cm³/mol. The highest BCUT2D eigenvalue weighted by molar-refractivity contribution is 5.99. The van der Waals surface area contributed by atoms with E-state index in [9.17, 15) is 9.59 Å². The van der Waals surface area contributed by atoms with Crippen LogP contribution < -0.4 is 16.0 Å². The lowest BCUT2D eigenvalue weighted by molar-refractivity contribution is -0.128. The van der Waals surface area contributed by atoms with Gasteiger partial charge in [-0.25, -0.2) is 0 Å². The lowest BCUT2D eigenvalue weighted by atomic mass is 9.99. The molecule has 3 rings (SSSR count). The van der Waals surface area contributed by atoms with Crippen molar-refractivity contribution in [3.8, 4) is 0 Å². The fourth-order valence-electron chi connectivity index (χ4n) is 3.87. The van der Waals surface area contributed by atoms with Gasteiger partial charge in [-0.1, -0.05) is 55.0 Å². The summed E-state index contributed by atoms with van der Waals surface area (Å²) in [6.07, 6.45) is 3.87. The molecule has 3 atom stereocenters. The van der Waals surface area contributed by atoms with Crippen LogP contribution in [0.3, 0.4) is 0 Å². The molecule has 5 nitrogen and oxygen atoms in total. The molecule has 3 N–H and O–H groups in total. The molecule has 156 valence electrons. The first-order chi connectivity index (χ1) is 13.5. The second-order valence-corrected chi connectivity index (χ2v) is 7.60. The highest BCUT2D eigenvalue weighted by Crippen LogP contribution is 2.26. The Labute approximate surface area is 179 Å². The molecule has 0 radical (unpaired) electrons. The lowest BCUT2D eigenvalue weighted by Gasteiger charge is -2.26. The monoisotopic (exact) mass is 415 g/mol. The maximum absolute atomic E-state index is 13.2. The van der Waals surface area contributed by atoms with Crippen molar-refractivity contribution in [2.24, 2.45) is 11.7 Å². The number of likely N-dealkylation sites (N-methyl/N-ethyl adjacent to an activating group) is 1. The Morgan fingerprint density at radius 3 is 2.28 bits per heavy atom. The Hall–Kier alpha value is -2.37. The number of benzene rings is 2. The highest BCUT2D eigenvalue weighted by Gasteiger charge is 2.29. The number of nitrogens with one attached hydrogen (secondary N) is 1. The topological polar surface area (TPSA) is 75.4 Å². The molecule has 2 aromatic carbocycles. The minimum Gasteiger partial charge on any atom is -0.344 e. The van der Waals surface area contributed by atoms with Crippen LogP contribution in [-0.4, -0.2) is 30.9 Å². The molecule has 1 aliphatic carbocycles. The summed E-state index contributed by atoms with van der Waals surface area (Å²) < 4.78 is 0.